The number of nitrogens with one attached hydrogen (secondary N) is 1. The van der Waals surface area contributed by atoms with Gasteiger partial charge in [-0.2, -0.15) is 0 Å². The van der Waals surface area contributed by atoms with E-state index in [0.29, 0.717) is 12.1 Å². The van der Waals surface area contributed by atoms with Gasteiger partial charge in [-0.3, -0.25) is 4.79 Å². The van der Waals surface area contributed by atoms with Gasteiger partial charge in [-0.15, -0.1) is 11.8 Å². The van der Waals surface area contributed by atoms with Crippen molar-refractivity contribution in [1.82, 2.24) is 5.32 Å². The summed E-state index contributed by atoms with van der Waals surface area (Å²) in [6.45, 7) is 2.64. The molecule has 0 saturated heterocycles. The Balaban J connectivity index is 1.74. The van der Waals surface area contributed by atoms with Gasteiger partial charge in [0, 0.05) is 17.0 Å². The van der Waals surface area contributed by atoms with Crippen LogP contribution in [0.1, 0.15) is 22.3 Å². The molecule has 0 aromatic heterocycles. The van der Waals surface area contributed by atoms with Gasteiger partial charge < -0.3 is 10.1 Å². The van der Waals surface area contributed by atoms with E-state index in [1.165, 1.54) is 4.90 Å². The second kappa shape index (κ2) is 8.49. The first-order chi connectivity index (χ1) is 10.7. The Labute approximate surface area is 136 Å². The van der Waals surface area contributed by atoms with Crippen LogP contribution in [-0.2, 0) is 0 Å². The van der Waals surface area contributed by atoms with Crippen molar-refractivity contribution in [2.75, 3.05) is 19.4 Å². The smallest absolute Gasteiger partial charge is 0.251 e. The molecule has 0 atom stereocenters. The van der Waals surface area contributed by atoms with Crippen LogP contribution in [0.25, 0.3) is 0 Å². The molecule has 0 aliphatic heterocycles. The standard InChI is InChI=1S/C18H21NO2S/c1-14-9-10-15(13-17(14)21-2)18(20)19-11-6-12-22-16-7-4-3-5-8-16/h3-5,7-10,13H,6,11-12H2,1-2H3,(H,19,20). The van der Waals surface area contributed by atoms with E-state index in [9.17, 15) is 4.79 Å². The molecule has 4 heteroatoms. The second-order valence-corrected chi connectivity index (χ2v) is 6.12. The van der Waals surface area contributed by atoms with Gasteiger partial charge in [0.25, 0.3) is 5.91 Å². The molecule has 0 unspecified atom stereocenters. The number of benzene rings is 2. The summed E-state index contributed by atoms with van der Waals surface area (Å²) in [7, 11) is 1.62. The number of hydrogen-bond donors (Lipinski definition) is 1. The monoisotopic (exact) mass is 315 g/mol. The number of thioether (sulfide) groups is 1. The number of aryl methyl sites for hydroxylation is 1. The van der Waals surface area contributed by atoms with E-state index in [-0.39, 0.29) is 5.91 Å². The summed E-state index contributed by atoms with van der Waals surface area (Å²) in [5.41, 5.74) is 1.66. The highest BCUT2D eigenvalue weighted by molar-refractivity contribution is 7.99. The summed E-state index contributed by atoms with van der Waals surface area (Å²) in [5, 5.41) is 2.95. The number of carbonyl (C=O) groups is 1. The minimum absolute atomic E-state index is 0.0528. The van der Waals surface area contributed by atoms with E-state index in [1.54, 1.807) is 24.9 Å². The number of amides is 1. The predicted octanol–water partition coefficient (Wildman–Crippen LogP) is 3.92. The molecule has 0 aliphatic rings. The van der Waals surface area contributed by atoms with Crippen molar-refractivity contribution in [1.29, 1.82) is 0 Å². The lowest BCUT2D eigenvalue weighted by Crippen LogP contribution is -2.24. The van der Waals surface area contributed by atoms with Crippen molar-refractivity contribution < 1.29 is 9.53 Å². The van der Waals surface area contributed by atoms with Gasteiger partial charge in [0.05, 0.1) is 7.11 Å². The molecule has 0 spiro atoms. The van der Waals surface area contributed by atoms with Gasteiger partial charge in [-0.05, 0) is 48.9 Å². The van der Waals surface area contributed by atoms with Crippen LogP contribution in [0, 0.1) is 6.92 Å². The predicted molar refractivity (Wildman–Crippen MR) is 91.8 cm³/mol. The van der Waals surface area contributed by atoms with E-state index in [2.05, 4.69) is 17.4 Å². The highest BCUT2D eigenvalue weighted by Gasteiger charge is 2.07. The number of ether oxygens (including phenoxy) is 1. The minimum atomic E-state index is -0.0528. The third-order valence-electron chi connectivity index (χ3n) is 3.29. The van der Waals surface area contributed by atoms with Gasteiger partial charge in [0.1, 0.15) is 5.75 Å². The quantitative estimate of drug-likeness (QED) is 0.622. The normalized spacial score (nSPS) is 10.3. The van der Waals surface area contributed by atoms with Crippen molar-refractivity contribution in [2.24, 2.45) is 0 Å². The van der Waals surface area contributed by atoms with Gasteiger partial charge in [0.15, 0.2) is 0 Å². The molecule has 1 N–H and O–H groups in total. The highest BCUT2D eigenvalue weighted by Crippen LogP contribution is 2.19. The number of carbonyl (C=O) groups excluding carboxylic acids is 1. The largest absolute Gasteiger partial charge is 0.496 e. The molecule has 2 aromatic rings. The first kappa shape index (κ1) is 16.4. The summed E-state index contributed by atoms with van der Waals surface area (Å²) >= 11 is 1.80. The molecule has 2 rings (SSSR count). The number of methoxy groups -OCH3 is 1. The molecule has 0 radical (unpaired) electrons. The maximum absolute atomic E-state index is 12.1. The maximum atomic E-state index is 12.1. The Bertz CT molecular complexity index is 614. The first-order valence-electron chi connectivity index (χ1n) is 7.31. The minimum Gasteiger partial charge on any atom is -0.496 e. The molecule has 22 heavy (non-hydrogen) atoms. The van der Waals surface area contributed by atoms with Crippen LogP contribution in [0.5, 0.6) is 5.75 Å². The zero-order chi connectivity index (χ0) is 15.8. The number of rotatable bonds is 7. The molecule has 0 heterocycles. The Kier molecular flexibility index (Phi) is 6.34. The topological polar surface area (TPSA) is 38.3 Å². The molecule has 3 nitrogen and oxygen atoms in total. The lowest BCUT2D eigenvalue weighted by molar-refractivity contribution is 0.0953. The maximum Gasteiger partial charge on any atom is 0.251 e. The third-order valence-corrected chi connectivity index (χ3v) is 4.39. The summed E-state index contributed by atoms with van der Waals surface area (Å²) in [6.07, 6.45) is 0.939. The van der Waals surface area contributed by atoms with Crippen molar-refractivity contribution >= 4 is 17.7 Å². The summed E-state index contributed by atoms with van der Waals surface area (Å²) < 4.78 is 5.24. The molecular weight excluding hydrogens is 294 g/mol. The van der Waals surface area contributed by atoms with E-state index in [4.69, 9.17) is 4.74 Å². The summed E-state index contributed by atoms with van der Waals surface area (Å²) in [4.78, 5) is 13.3. The zero-order valence-electron chi connectivity index (χ0n) is 13.0. The highest BCUT2D eigenvalue weighted by atomic mass is 32.2. The van der Waals surface area contributed by atoms with E-state index < -0.39 is 0 Å². The van der Waals surface area contributed by atoms with Gasteiger partial charge in [-0.25, -0.2) is 0 Å². The molecule has 2 aromatic carbocycles. The van der Waals surface area contributed by atoms with Crippen molar-refractivity contribution in [2.45, 2.75) is 18.2 Å². The molecule has 0 saturated carbocycles. The van der Waals surface area contributed by atoms with Gasteiger partial charge >= 0.3 is 0 Å². The first-order valence-corrected chi connectivity index (χ1v) is 8.30. The van der Waals surface area contributed by atoms with Crippen LogP contribution in [-0.4, -0.2) is 25.3 Å². The van der Waals surface area contributed by atoms with E-state index >= 15 is 0 Å². The van der Waals surface area contributed by atoms with Gasteiger partial charge in [-0.1, -0.05) is 24.3 Å². The Hall–Kier alpha value is -1.94. The fourth-order valence-corrected chi connectivity index (χ4v) is 2.92. The second-order valence-electron chi connectivity index (χ2n) is 4.96. The van der Waals surface area contributed by atoms with Crippen LogP contribution in [0.15, 0.2) is 53.4 Å². The Morgan fingerprint density at radius 2 is 1.95 bits per heavy atom. The average molecular weight is 315 g/mol. The number of hydrogen-bond acceptors (Lipinski definition) is 3. The molecule has 116 valence electrons. The average Bonchev–Trinajstić information content (AvgIpc) is 2.55. The van der Waals surface area contributed by atoms with Crippen molar-refractivity contribution in [3.05, 3.63) is 59.7 Å². The van der Waals surface area contributed by atoms with Crippen molar-refractivity contribution in [3.8, 4) is 5.75 Å². The summed E-state index contributed by atoms with van der Waals surface area (Å²) in [6, 6.07) is 15.8. The third kappa shape index (κ3) is 4.81. The Morgan fingerprint density at radius 1 is 1.18 bits per heavy atom. The van der Waals surface area contributed by atoms with Crippen LogP contribution < -0.4 is 10.1 Å². The fourth-order valence-electron chi connectivity index (χ4n) is 2.04. The zero-order valence-corrected chi connectivity index (χ0v) is 13.8. The van der Waals surface area contributed by atoms with Gasteiger partial charge in [0.2, 0.25) is 0 Å². The molecule has 1 amide bonds. The lowest BCUT2D eigenvalue weighted by atomic mass is 10.1. The lowest BCUT2D eigenvalue weighted by Gasteiger charge is -2.08. The molecule has 0 aliphatic carbocycles. The SMILES string of the molecule is COc1cc(C(=O)NCCCSc2ccccc2)ccc1C. The van der Waals surface area contributed by atoms with E-state index in [0.717, 1.165) is 23.5 Å². The van der Waals surface area contributed by atoms with Crippen LogP contribution >= 0.6 is 11.8 Å². The van der Waals surface area contributed by atoms with E-state index in [1.807, 2.05) is 37.3 Å². The van der Waals surface area contributed by atoms with Crippen molar-refractivity contribution in [3.63, 3.8) is 0 Å². The summed E-state index contributed by atoms with van der Waals surface area (Å²) in [5.74, 6) is 1.68. The molecule has 0 fully saturated rings. The van der Waals surface area contributed by atoms with Crippen LogP contribution in [0.3, 0.4) is 0 Å². The van der Waals surface area contributed by atoms with Crippen LogP contribution in [0.4, 0.5) is 0 Å². The molecule has 0 bridgehead atoms. The van der Waals surface area contributed by atoms with Crippen LogP contribution in [0.2, 0.25) is 0 Å². The Morgan fingerprint density at radius 3 is 2.68 bits per heavy atom. The fraction of sp³-hybridized carbons (Fsp3) is 0.278. The molecular formula is C18H21NO2S.